The van der Waals surface area contributed by atoms with Crippen LogP contribution in [0.2, 0.25) is 5.02 Å². The molecule has 1 aromatic heterocycles. The fraction of sp³-hybridized carbons (Fsp3) is 0.381. The molecule has 1 unspecified atom stereocenters. The van der Waals surface area contributed by atoms with E-state index < -0.39 is 11.7 Å². The molecular formula is C21H23ClFN3O3. The number of pyridine rings is 1. The van der Waals surface area contributed by atoms with Crippen molar-refractivity contribution >= 4 is 23.4 Å². The molecule has 6 nitrogen and oxygen atoms in total. The zero-order chi connectivity index (χ0) is 20.8. The molecule has 1 aromatic carbocycles. The lowest BCUT2D eigenvalue weighted by Gasteiger charge is -2.39. The van der Waals surface area contributed by atoms with Crippen LogP contribution in [0, 0.1) is 5.82 Å². The van der Waals surface area contributed by atoms with Gasteiger partial charge in [-0.05, 0) is 42.7 Å². The molecule has 1 saturated heterocycles. The Hall–Kier alpha value is -2.51. The molecule has 0 aliphatic carbocycles. The number of likely N-dealkylation sites (tertiary alicyclic amines) is 1. The van der Waals surface area contributed by atoms with Crippen molar-refractivity contribution in [3.63, 3.8) is 0 Å². The van der Waals surface area contributed by atoms with Crippen LogP contribution in [0.1, 0.15) is 28.8 Å². The molecule has 0 radical (unpaired) electrons. The summed E-state index contributed by atoms with van der Waals surface area (Å²) in [4.78, 5) is 33.0. The van der Waals surface area contributed by atoms with Crippen molar-refractivity contribution < 1.29 is 18.7 Å². The summed E-state index contributed by atoms with van der Waals surface area (Å²) in [5.74, 6) is -1.19. The van der Waals surface area contributed by atoms with Gasteiger partial charge in [0.2, 0.25) is 5.91 Å². The second kappa shape index (κ2) is 9.80. The van der Waals surface area contributed by atoms with E-state index in [1.54, 1.807) is 22.2 Å². The normalized spacial score (nSPS) is 16.5. The van der Waals surface area contributed by atoms with Crippen LogP contribution in [-0.4, -0.2) is 59.4 Å². The van der Waals surface area contributed by atoms with Crippen LogP contribution in [-0.2, 0) is 16.1 Å². The fourth-order valence-electron chi connectivity index (χ4n) is 3.54. The maximum absolute atomic E-state index is 14.2. The molecule has 1 fully saturated rings. The van der Waals surface area contributed by atoms with Gasteiger partial charge in [-0.3, -0.25) is 14.6 Å². The Labute approximate surface area is 174 Å². The van der Waals surface area contributed by atoms with E-state index in [0.717, 1.165) is 12.0 Å². The smallest absolute Gasteiger partial charge is 0.256 e. The third-order valence-corrected chi connectivity index (χ3v) is 5.18. The number of piperidine rings is 1. The van der Waals surface area contributed by atoms with Crippen molar-refractivity contribution in [2.75, 3.05) is 26.8 Å². The molecule has 2 heterocycles. The van der Waals surface area contributed by atoms with Crippen molar-refractivity contribution in [2.24, 2.45) is 0 Å². The zero-order valence-corrected chi connectivity index (χ0v) is 16.9. The Morgan fingerprint density at radius 3 is 2.93 bits per heavy atom. The molecule has 0 bridgehead atoms. The average Bonchev–Trinajstić information content (AvgIpc) is 2.74. The van der Waals surface area contributed by atoms with E-state index in [2.05, 4.69) is 4.98 Å². The van der Waals surface area contributed by atoms with E-state index in [-0.39, 0.29) is 24.1 Å². The zero-order valence-electron chi connectivity index (χ0n) is 16.2. The first-order valence-corrected chi connectivity index (χ1v) is 9.79. The van der Waals surface area contributed by atoms with Crippen molar-refractivity contribution in [1.82, 2.24) is 14.8 Å². The van der Waals surface area contributed by atoms with Gasteiger partial charge in [0.1, 0.15) is 12.4 Å². The molecule has 1 atom stereocenters. The Kier molecular flexibility index (Phi) is 7.17. The minimum atomic E-state index is -0.607. The second-order valence-corrected chi connectivity index (χ2v) is 7.42. The minimum Gasteiger partial charge on any atom is -0.375 e. The van der Waals surface area contributed by atoms with E-state index in [9.17, 15) is 14.0 Å². The Bertz CT molecular complexity index is 866. The standard InChI is InChI=1S/C21H23ClFN3O3/c1-29-14-20(27)26(12-15-4-2-8-24-11-15)17-5-3-9-25(13-17)21(28)18-10-16(22)6-7-19(18)23/h2,4,6-8,10-11,17H,3,5,9,12-14H2,1H3. The number of halogens is 2. The molecule has 3 rings (SSSR count). The summed E-state index contributed by atoms with van der Waals surface area (Å²) in [5, 5.41) is 0.303. The number of carbonyl (C=O) groups is 2. The molecule has 154 valence electrons. The number of amides is 2. The van der Waals surface area contributed by atoms with E-state index >= 15 is 0 Å². The molecule has 1 aliphatic rings. The van der Waals surface area contributed by atoms with Gasteiger partial charge < -0.3 is 14.5 Å². The highest BCUT2D eigenvalue weighted by atomic mass is 35.5. The number of benzene rings is 1. The number of aromatic nitrogens is 1. The first-order chi connectivity index (χ1) is 14.0. The van der Waals surface area contributed by atoms with E-state index in [4.69, 9.17) is 16.3 Å². The number of nitrogens with zero attached hydrogens (tertiary/aromatic N) is 3. The van der Waals surface area contributed by atoms with Crippen LogP contribution >= 0.6 is 11.6 Å². The molecule has 2 amide bonds. The van der Waals surface area contributed by atoms with E-state index in [1.807, 2.05) is 12.1 Å². The predicted molar refractivity (Wildman–Crippen MR) is 107 cm³/mol. The van der Waals surface area contributed by atoms with Crippen LogP contribution in [0.3, 0.4) is 0 Å². The third kappa shape index (κ3) is 5.31. The summed E-state index contributed by atoms with van der Waals surface area (Å²) in [6.45, 7) is 1.14. The van der Waals surface area contributed by atoms with Gasteiger partial charge in [0, 0.05) is 50.2 Å². The molecule has 0 N–H and O–H groups in total. The number of hydrogen-bond acceptors (Lipinski definition) is 4. The highest BCUT2D eigenvalue weighted by molar-refractivity contribution is 6.31. The maximum atomic E-state index is 14.2. The minimum absolute atomic E-state index is 0.0480. The number of methoxy groups -OCH3 is 1. The molecule has 8 heteroatoms. The van der Waals surface area contributed by atoms with Gasteiger partial charge in [0.15, 0.2) is 0 Å². The largest absolute Gasteiger partial charge is 0.375 e. The topological polar surface area (TPSA) is 62.7 Å². The quantitative estimate of drug-likeness (QED) is 0.721. The first kappa shape index (κ1) is 21.2. The average molecular weight is 420 g/mol. The molecule has 0 spiro atoms. The molecule has 2 aromatic rings. The van der Waals surface area contributed by atoms with E-state index in [1.165, 1.54) is 25.3 Å². The predicted octanol–water partition coefficient (Wildman–Crippen LogP) is 3.15. The summed E-state index contributed by atoms with van der Waals surface area (Å²) in [6, 6.07) is 7.45. The van der Waals surface area contributed by atoms with Gasteiger partial charge in [-0.15, -0.1) is 0 Å². The van der Waals surface area contributed by atoms with Crippen molar-refractivity contribution in [3.8, 4) is 0 Å². The first-order valence-electron chi connectivity index (χ1n) is 9.41. The Balaban J connectivity index is 1.79. The number of rotatable bonds is 6. The van der Waals surface area contributed by atoms with Crippen LogP contribution in [0.25, 0.3) is 0 Å². The van der Waals surface area contributed by atoms with Crippen molar-refractivity contribution in [2.45, 2.75) is 25.4 Å². The van der Waals surface area contributed by atoms with Crippen molar-refractivity contribution in [1.29, 1.82) is 0 Å². The van der Waals surface area contributed by atoms with Gasteiger partial charge in [0.05, 0.1) is 5.56 Å². The molecule has 29 heavy (non-hydrogen) atoms. The van der Waals surface area contributed by atoms with Gasteiger partial charge in [-0.25, -0.2) is 4.39 Å². The number of ether oxygens (including phenoxy) is 1. The van der Waals surface area contributed by atoms with Crippen molar-refractivity contribution in [3.05, 3.63) is 64.7 Å². The van der Waals surface area contributed by atoms with Gasteiger partial charge >= 0.3 is 0 Å². The third-order valence-electron chi connectivity index (χ3n) is 4.95. The fourth-order valence-corrected chi connectivity index (χ4v) is 3.71. The molecule has 0 saturated carbocycles. The van der Waals surface area contributed by atoms with Crippen LogP contribution in [0.4, 0.5) is 4.39 Å². The number of hydrogen-bond donors (Lipinski definition) is 0. The van der Waals surface area contributed by atoms with Crippen LogP contribution in [0.15, 0.2) is 42.7 Å². The Morgan fingerprint density at radius 2 is 2.21 bits per heavy atom. The monoisotopic (exact) mass is 419 g/mol. The SMILES string of the molecule is COCC(=O)N(Cc1cccnc1)C1CCCN(C(=O)c2cc(Cl)ccc2F)C1. The highest BCUT2D eigenvalue weighted by Crippen LogP contribution is 2.23. The lowest BCUT2D eigenvalue weighted by Crippen LogP contribution is -2.52. The molecule has 1 aliphatic heterocycles. The van der Waals surface area contributed by atoms with E-state index in [0.29, 0.717) is 31.1 Å². The second-order valence-electron chi connectivity index (χ2n) is 6.99. The maximum Gasteiger partial charge on any atom is 0.256 e. The Morgan fingerprint density at radius 1 is 1.38 bits per heavy atom. The number of carbonyl (C=O) groups excluding carboxylic acids is 2. The van der Waals surface area contributed by atoms with Crippen LogP contribution in [0.5, 0.6) is 0 Å². The van der Waals surface area contributed by atoms with Gasteiger partial charge in [0.25, 0.3) is 5.91 Å². The summed E-state index contributed by atoms with van der Waals surface area (Å²) in [5.41, 5.74) is 0.835. The van der Waals surface area contributed by atoms with Crippen LogP contribution < -0.4 is 0 Å². The lowest BCUT2D eigenvalue weighted by atomic mass is 10.0. The summed E-state index contributed by atoms with van der Waals surface area (Å²) < 4.78 is 19.2. The summed E-state index contributed by atoms with van der Waals surface area (Å²) in [7, 11) is 1.47. The lowest BCUT2D eigenvalue weighted by molar-refractivity contribution is -0.139. The van der Waals surface area contributed by atoms with Gasteiger partial charge in [-0.2, -0.15) is 0 Å². The van der Waals surface area contributed by atoms with Gasteiger partial charge in [-0.1, -0.05) is 17.7 Å². The molecular weight excluding hydrogens is 397 g/mol. The summed E-state index contributed by atoms with van der Waals surface area (Å²) in [6.07, 6.45) is 4.84. The highest BCUT2D eigenvalue weighted by Gasteiger charge is 2.32. The summed E-state index contributed by atoms with van der Waals surface area (Å²) >= 11 is 5.94.